The van der Waals surface area contributed by atoms with Crippen LogP contribution in [0.4, 0.5) is 0 Å². The zero-order valence-corrected chi connectivity index (χ0v) is 14.8. The molecule has 0 aromatic heterocycles. The summed E-state index contributed by atoms with van der Waals surface area (Å²) in [5.41, 5.74) is -0.703. The first-order valence-electron chi connectivity index (χ1n) is 7.25. The zero-order valence-electron chi connectivity index (χ0n) is 13.2. The van der Waals surface area contributed by atoms with Gasteiger partial charge in [-0.2, -0.15) is 16.8 Å². The number of hydrogen-bond acceptors (Lipinski definition) is 6. The summed E-state index contributed by atoms with van der Waals surface area (Å²) in [4.78, 5) is 9.98. The van der Waals surface area contributed by atoms with Crippen LogP contribution in [-0.4, -0.2) is 39.1 Å². The van der Waals surface area contributed by atoms with Crippen molar-refractivity contribution in [1.82, 2.24) is 0 Å². The van der Waals surface area contributed by atoms with Crippen molar-refractivity contribution in [2.24, 2.45) is 0 Å². The van der Waals surface area contributed by atoms with Gasteiger partial charge in [-0.05, 0) is 17.9 Å². The van der Waals surface area contributed by atoms with Gasteiger partial charge in [-0.25, -0.2) is 4.79 Å². The van der Waals surface area contributed by atoms with E-state index in [1.165, 1.54) is 24.3 Å². The summed E-state index contributed by atoms with van der Waals surface area (Å²) in [6, 6.07) is 6.12. The molecule has 2 N–H and O–H groups in total. The quantitative estimate of drug-likeness (QED) is 0.419. The third-order valence-corrected chi connectivity index (χ3v) is 5.70. The van der Waals surface area contributed by atoms with Gasteiger partial charge in [0.05, 0.1) is 12.2 Å². The number of carboxylic acids is 1. The van der Waals surface area contributed by atoms with Gasteiger partial charge in [0.2, 0.25) is 0 Å². The summed E-state index contributed by atoms with van der Waals surface area (Å²) in [5, 5.41) is 9.19. The zero-order chi connectivity index (χ0) is 18.8. The third kappa shape index (κ3) is 3.98. The number of carbonyl (C=O) groups is 1. The van der Waals surface area contributed by atoms with Crippen LogP contribution in [0.1, 0.15) is 30.1 Å². The van der Waals surface area contributed by atoms with Gasteiger partial charge >= 0.3 is 5.97 Å². The van der Waals surface area contributed by atoms with Gasteiger partial charge in [0.25, 0.3) is 20.2 Å². The number of carboxylic acid groups (broad SMARTS) is 1. The second kappa shape index (κ2) is 7.08. The minimum atomic E-state index is -4.98. The van der Waals surface area contributed by atoms with E-state index in [2.05, 4.69) is 0 Å². The summed E-state index contributed by atoms with van der Waals surface area (Å²) in [5.74, 6) is -1.61. The summed E-state index contributed by atoms with van der Waals surface area (Å²) < 4.78 is 62.3. The molecule has 0 aliphatic rings. The standard InChI is InChI=1S/C15H16O8S2/c1-2-3-8-23-25(21,22)12-9-13(24(18,19)20)14(15(16)17)11-7-5-4-6-10(11)12/h4-7,9H,2-3,8H2,1H3,(H,16,17)(H,18,19,20). The van der Waals surface area contributed by atoms with E-state index in [1.54, 1.807) is 0 Å². The van der Waals surface area contributed by atoms with Crippen LogP contribution in [0.25, 0.3) is 10.8 Å². The van der Waals surface area contributed by atoms with E-state index in [0.717, 1.165) is 0 Å². The lowest BCUT2D eigenvalue weighted by Crippen LogP contribution is -2.14. The molecule has 2 aromatic rings. The van der Waals surface area contributed by atoms with Crippen LogP contribution in [0.3, 0.4) is 0 Å². The highest BCUT2D eigenvalue weighted by atomic mass is 32.2. The van der Waals surface area contributed by atoms with E-state index in [4.69, 9.17) is 4.18 Å². The van der Waals surface area contributed by atoms with Gasteiger partial charge in [0.1, 0.15) is 9.79 Å². The maximum absolute atomic E-state index is 12.4. The topological polar surface area (TPSA) is 135 Å². The van der Waals surface area contributed by atoms with Crippen molar-refractivity contribution in [1.29, 1.82) is 0 Å². The van der Waals surface area contributed by atoms with E-state index in [9.17, 15) is 31.3 Å². The molecule has 0 fully saturated rings. The average Bonchev–Trinajstić information content (AvgIpc) is 2.52. The molecule has 0 radical (unpaired) electrons. The third-order valence-electron chi connectivity index (χ3n) is 3.47. The molecule has 0 saturated heterocycles. The maximum Gasteiger partial charge on any atom is 0.337 e. The number of fused-ring (bicyclic) bond motifs is 1. The fourth-order valence-corrected chi connectivity index (χ4v) is 4.30. The number of rotatable bonds is 7. The fourth-order valence-electron chi connectivity index (χ4n) is 2.33. The maximum atomic E-state index is 12.4. The monoisotopic (exact) mass is 388 g/mol. The molecule has 0 atom stereocenters. The van der Waals surface area contributed by atoms with Crippen LogP contribution < -0.4 is 0 Å². The highest BCUT2D eigenvalue weighted by Gasteiger charge is 2.29. The van der Waals surface area contributed by atoms with Crippen molar-refractivity contribution >= 4 is 37.0 Å². The number of aromatic carboxylic acids is 1. The van der Waals surface area contributed by atoms with Crippen molar-refractivity contribution in [2.75, 3.05) is 6.61 Å². The van der Waals surface area contributed by atoms with Crippen molar-refractivity contribution in [3.63, 3.8) is 0 Å². The van der Waals surface area contributed by atoms with Crippen molar-refractivity contribution in [3.05, 3.63) is 35.9 Å². The molecule has 0 heterocycles. The molecule has 0 aliphatic heterocycles. The minimum Gasteiger partial charge on any atom is -0.478 e. The molecule has 10 heteroatoms. The number of unbranched alkanes of at least 4 members (excludes halogenated alkanes) is 1. The highest BCUT2D eigenvalue weighted by Crippen LogP contribution is 2.32. The molecule has 8 nitrogen and oxygen atoms in total. The fraction of sp³-hybridized carbons (Fsp3) is 0.267. The van der Waals surface area contributed by atoms with Crippen molar-refractivity contribution in [2.45, 2.75) is 29.6 Å². The molecule has 0 amide bonds. The molecule has 136 valence electrons. The van der Waals surface area contributed by atoms with E-state index in [1.807, 2.05) is 6.92 Å². The normalized spacial score (nSPS) is 12.4. The molecule has 25 heavy (non-hydrogen) atoms. The second-order valence-electron chi connectivity index (χ2n) is 5.20. The molecule has 0 aliphatic carbocycles. The van der Waals surface area contributed by atoms with Gasteiger partial charge in [0.15, 0.2) is 0 Å². The lowest BCUT2D eigenvalue weighted by Gasteiger charge is -2.13. The van der Waals surface area contributed by atoms with Crippen molar-refractivity contribution < 1.29 is 35.5 Å². The molecule has 0 unspecified atom stereocenters. The molecule has 2 aromatic carbocycles. The first-order chi connectivity index (χ1) is 11.6. The molecule has 0 saturated carbocycles. The molecule has 0 bridgehead atoms. The Morgan fingerprint density at radius 3 is 2.20 bits per heavy atom. The predicted octanol–water partition coefficient (Wildman–Crippen LogP) is 2.29. The van der Waals surface area contributed by atoms with E-state index < -0.39 is 41.6 Å². The Kier molecular flexibility index (Phi) is 5.47. The van der Waals surface area contributed by atoms with Gasteiger partial charge in [-0.1, -0.05) is 37.6 Å². The van der Waals surface area contributed by atoms with E-state index in [0.29, 0.717) is 18.9 Å². The van der Waals surface area contributed by atoms with Crippen LogP contribution in [0.5, 0.6) is 0 Å². The Bertz CT molecular complexity index is 1020. The van der Waals surface area contributed by atoms with E-state index >= 15 is 0 Å². The SMILES string of the molecule is CCCCOS(=O)(=O)c1cc(S(=O)(=O)O)c(C(=O)O)c2ccccc12. The lowest BCUT2D eigenvalue weighted by molar-refractivity contribution is 0.0694. The average molecular weight is 388 g/mol. The Hall–Kier alpha value is -2.01. The molecule has 2 rings (SSSR count). The van der Waals surface area contributed by atoms with Crippen LogP contribution in [-0.2, 0) is 24.4 Å². The first-order valence-corrected chi connectivity index (χ1v) is 10.1. The minimum absolute atomic E-state index is 0.0104. The summed E-state index contributed by atoms with van der Waals surface area (Å²) >= 11 is 0. The van der Waals surface area contributed by atoms with Gasteiger partial charge in [-0.15, -0.1) is 0 Å². The van der Waals surface area contributed by atoms with Crippen LogP contribution >= 0.6 is 0 Å². The Balaban J connectivity index is 2.87. The van der Waals surface area contributed by atoms with Gasteiger partial charge < -0.3 is 5.11 Å². The summed E-state index contributed by atoms with van der Waals surface area (Å²) in [6.45, 7) is 1.73. The van der Waals surface area contributed by atoms with Crippen LogP contribution in [0.2, 0.25) is 0 Å². The first kappa shape index (κ1) is 19.3. The summed E-state index contributed by atoms with van der Waals surface area (Å²) in [6.07, 6.45) is 1.15. The summed E-state index contributed by atoms with van der Waals surface area (Å²) in [7, 11) is -9.33. The van der Waals surface area contributed by atoms with E-state index in [-0.39, 0.29) is 17.4 Å². The molecular weight excluding hydrogens is 372 g/mol. The molecular formula is C15H16O8S2. The Labute approximate surface area is 144 Å². The highest BCUT2D eigenvalue weighted by molar-refractivity contribution is 7.87. The lowest BCUT2D eigenvalue weighted by atomic mass is 10.0. The van der Waals surface area contributed by atoms with Gasteiger partial charge in [-0.3, -0.25) is 8.74 Å². The second-order valence-corrected chi connectivity index (χ2v) is 8.18. The predicted molar refractivity (Wildman–Crippen MR) is 88.8 cm³/mol. The number of hydrogen-bond donors (Lipinski definition) is 2. The Morgan fingerprint density at radius 2 is 1.68 bits per heavy atom. The smallest absolute Gasteiger partial charge is 0.337 e. The van der Waals surface area contributed by atoms with Gasteiger partial charge in [0, 0.05) is 5.39 Å². The largest absolute Gasteiger partial charge is 0.478 e. The van der Waals surface area contributed by atoms with Crippen LogP contribution in [0, 0.1) is 0 Å². The van der Waals surface area contributed by atoms with Crippen LogP contribution in [0.15, 0.2) is 40.1 Å². The Morgan fingerprint density at radius 1 is 1.08 bits per heavy atom. The molecule has 0 spiro atoms. The van der Waals surface area contributed by atoms with Crippen molar-refractivity contribution in [3.8, 4) is 0 Å². The number of benzene rings is 2.